The van der Waals surface area contributed by atoms with Crippen LogP contribution in [0.1, 0.15) is 16.7 Å². The Morgan fingerprint density at radius 3 is 2.11 bits per heavy atom. The molecule has 0 bridgehead atoms. The van der Waals surface area contributed by atoms with E-state index in [0.29, 0.717) is 6.54 Å². The first kappa shape index (κ1) is 23.0. The van der Waals surface area contributed by atoms with Crippen molar-refractivity contribution in [1.82, 2.24) is 5.32 Å². The standard InChI is InChI=1S/C17H18F3NO.C2H2O4/c1-22-16-4-2-3-13(11-16)9-10-21-12-14-5-7-15(8-6-14)17(18,19)20;3-1(4)2(5)6/h2-8,11,21H,9-10,12H2,1H3;(H,3,4)(H,5,6). The molecular formula is C19H20F3NO5. The van der Waals surface area contributed by atoms with Gasteiger partial charge in [-0.15, -0.1) is 0 Å². The van der Waals surface area contributed by atoms with Crippen molar-refractivity contribution in [3.63, 3.8) is 0 Å². The Morgan fingerprint density at radius 2 is 1.61 bits per heavy atom. The molecule has 9 heteroatoms. The summed E-state index contributed by atoms with van der Waals surface area (Å²) in [4.78, 5) is 18.2. The van der Waals surface area contributed by atoms with E-state index in [1.54, 1.807) is 7.11 Å². The van der Waals surface area contributed by atoms with Crippen LogP contribution in [0, 0.1) is 0 Å². The maximum Gasteiger partial charge on any atom is 0.416 e. The second-order valence-electron chi connectivity index (χ2n) is 5.58. The monoisotopic (exact) mass is 399 g/mol. The third-order valence-corrected chi connectivity index (χ3v) is 3.52. The lowest BCUT2D eigenvalue weighted by molar-refractivity contribution is -0.159. The van der Waals surface area contributed by atoms with Gasteiger partial charge in [0, 0.05) is 6.54 Å². The van der Waals surface area contributed by atoms with Crippen LogP contribution in [0.5, 0.6) is 5.75 Å². The molecule has 6 nitrogen and oxygen atoms in total. The van der Waals surface area contributed by atoms with Crippen LogP contribution >= 0.6 is 0 Å². The molecule has 0 aliphatic rings. The Bertz CT molecular complexity index is 764. The zero-order chi connectivity index (χ0) is 21.2. The maximum atomic E-state index is 12.4. The van der Waals surface area contributed by atoms with E-state index in [2.05, 4.69) is 5.32 Å². The Labute approximate surface area is 159 Å². The molecular weight excluding hydrogens is 379 g/mol. The highest BCUT2D eigenvalue weighted by Gasteiger charge is 2.29. The number of halogens is 3. The van der Waals surface area contributed by atoms with E-state index < -0.39 is 23.7 Å². The van der Waals surface area contributed by atoms with Gasteiger partial charge in [0.1, 0.15) is 5.75 Å². The lowest BCUT2D eigenvalue weighted by Gasteiger charge is -2.09. The number of hydrogen-bond donors (Lipinski definition) is 3. The Hall–Kier alpha value is -3.07. The van der Waals surface area contributed by atoms with E-state index in [1.807, 2.05) is 24.3 Å². The van der Waals surface area contributed by atoms with Gasteiger partial charge in [0.15, 0.2) is 0 Å². The minimum Gasteiger partial charge on any atom is -0.497 e. The number of benzene rings is 2. The van der Waals surface area contributed by atoms with Crippen LogP contribution in [0.4, 0.5) is 13.2 Å². The van der Waals surface area contributed by atoms with Crippen molar-refractivity contribution in [3.8, 4) is 5.75 Å². The van der Waals surface area contributed by atoms with Gasteiger partial charge in [0.2, 0.25) is 0 Å². The molecule has 0 atom stereocenters. The van der Waals surface area contributed by atoms with Crippen LogP contribution in [-0.4, -0.2) is 35.8 Å². The summed E-state index contributed by atoms with van der Waals surface area (Å²) < 4.78 is 42.5. The summed E-state index contributed by atoms with van der Waals surface area (Å²) in [5, 5.41) is 18.0. The third kappa shape index (κ3) is 8.54. The van der Waals surface area contributed by atoms with E-state index in [-0.39, 0.29) is 0 Å². The highest BCUT2D eigenvalue weighted by molar-refractivity contribution is 6.27. The number of ether oxygens (including phenoxy) is 1. The van der Waals surface area contributed by atoms with Gasteiger partial charge in [0.05, 0.1) is 12.7 Å². The summed E-state index contributed by atoms with van der Waals surface area (Å²) >= 11 is 0. The lowest BCUT2D eigenvalue weighted by atomic mass is 10.1. The van der Waals surface area contributed by atoms with Gasteiger partial charge in [0.25, 0.3) is 0 Å². The lowest BCUT2D eigenvalue weighted by Crippen LogP contribution is -2.16. The van der Waals surface area contributed by atoms with Gasteiger partial charge < -0.3 is 20.3 Å². The molecule has 0 saturated carbocycles. The number of hydrogen-bond acceptors (Lipinski definition) is 4. The normalized spacial score (nSPS) is 10.6. The number of carboxylic acids is 2. The van der Waals surface area contributed by atoms with Crippen molar-refractivity contribution in [3.05, 3.63) is 65.2 Å². The topological polar surface area (TPSA) is 95.9 Å². The smallest absolute Gasteiger partial charge is 0.416 e. The molecule has 2 rings (SSSR count). The number of alkyl halides is 3. The average Bonchev–Trinajstić information content (AvgIpc) is 2.65. The molecule has 3 N–H and O–H groups in total. The fourth-order valence-corrected chi connectivity index (χ4v) is 2.10. The maximum absolute atomic E-state index is 12.4. The van der Waals surface area contributed by atoms with Crippen LogP contribution in [0.15, 0.2) is 48.5 Å². The number of rotatable bonds is 6. The Balaban J connectivity index is 0.000000568. The second-order valence-corrected chi connectivity index (χ2v) is 5.58. The predicted molar refractivity (Wildman–Crippen MR) is 95.1 cm³/mol. The predicted octanol–water partition coefficient (Wildman–Crippen LogP) is 3.20. The summed E-state index contributed by atoms with van der Waals surface area (Å²) in [7, 11) is 1.63. The van der Waals surface area contributed by atoms with E-state index in [9.17, 15) is 13.2 Å². The van der Waals surface area contributed by atoms with Gasteiger partial charge in [-0.05, 0) is 48.4 Å². The van der Waals surface area contributed by atoms with Crippen molar-refractivity contribution < 1.29 is 37.7 Å². The molecule has 0 saturated heterocycles. The van der Waals surface area contributed by atoms with Crippen LogP contribution in [0.25, 0.3) is 0 Å². The zero-order valence-electron chi connectivity index (χ0n) is 15.0. The first-order valence-corrected chi connectivity index (χ1v) is 8.09. The van der Waals surface area contributed by atoms with Crippen LogP contribution in [-0.2, 0) is 28.7 Å². The zero-order valence-corrected chi connectivity index (χ0v) is 15.0. The molecule has 0 heterocycles. The number of carboxylic acid groups (broad SMARTS) is 2. The highest BCUT2D eigenvalue weighted by Crippen LogP contribution is 2.29. The largest absolute Gasteiger partial charge is 0.497 e. The molecule has 0 aliphatic heterocycles. The molecule has 2 aromatic carbocycles. The van der Waals surface area contributed by atoms with Crippen molar-refractivity contribution in [2.24, 2.45) is 0 Å². The molecule has 0 unspecified atom stereocenters. The van der Waals surface area contributed by atoms with Gasteiger partial charge in [-0.1, -0.05) is 24.3 Å². The first-order chi connectivity index (χ1) is 13.1. The van der Waals surface area contributed by atoms with Crippen molar-refractivity contribution in [2.75, 3.05) is 13.7 Å². The number of methoxy groups -OCH3 is 1. The van der Waals surface area contributed by atoms with E-state index in [0.717, 1.165) is 42.0 Å². The van der Waals surface area contributed by atoms with Crippen molar-refractivity contribution in [2.45, 2.75) is 19.1 Å². The van der Waals surface area contributed by atoms with Crippen LogP contribution < -0.4 is 10.1 Å². The molecule has 0 fully saturated rings. The molecule has 2 aromatic rings. The number of carbonyl (C=O) groups is 2. The number of aliphatic carboxylic acids is 2. The Kier molecular flexibility index (Phi) is 8.97. The van der Waals surface area contributed by atoms with E-state index >= 15 is 0 Å². The average molecular weight is 399 g/mol. The fraction of sp³-hybridized carbons (Fsp3) is 0.263. The van der Waals surface area contributed by atoms with E-state index in [4.69, 9.17) is 24.5 Å². The minimum atomic E-state index is -4.28. The molecule has 0 radical (unpaired) electrons. The second kappa shape index (κ2) is 10.9. The van der Waals surface area contributed by atoms with Gasteiger partial charge in [-0.25, -0.2) is 9.59 Å². The van der Waals surface area contributed by atoms with Crippen LogP contribution in [0.2, 0.25) is 0 Å². The van der Waals surface area contributed by atoms with Gasteiger partial charge >= 0.3 is 18.1 Å². The molecule has 0 aliphatic carbocycles. The summed E-state index contributed by atoms with van der Waals surface area (Å²) in [6, 6.07) is 13.0. The summed E-state index contributed by atoms with van der Waals surface area (Å²) in [5.74, 6) is -2.83. The fourth-order valence-electron chi connectivity index (χ4n) is 2.10. The third-order valence-electron chi connectivity index (χ3n) is 3.52. The molecule has 0 spiro atoms. The molecule has 0 amide bonds. The molecule has 28 heavy (non-hydrogen) atoms. The highest BCUT2D eigenvalue weighted by atomic mass is 19.4. The quantitative estimate of drug-likeness (QED) is 0.510. The number of nitrogens with one attached hydrogen (secondary N) is 1. The Morgan fingerprint density at radius 1 is 1.00 bits per heavy atom. The SMILES string of the molecule is COc1cccc(CCNCc2ccc(C(F)(F)F)cc2)c1.O=C(O)C(=O)O. The van der Waals surface area contributed by atoms with E-state index in [1.165, 1.54) is 12.1 Å². The summed E-state index contributed by atoms with van der Waals surface area (Å²) in [6.07, 6.45) is -3.45. The van der Waals surface area contributed by atoms with Crippen molar-refractivity contribution in [1.29, 1.82) is 0 Å². The first-order valence-electron chi connectivity index (χ1n) is 8.09. The summed E-state index contributed by atoms with van der Waals surface area (Å²) in [6.45, 7) is 1.29. The molecule has 0 aromatic heterocycles. The minimum absolute atomic E-state index is 0.544. The van der Waals surface area contributed by atoms with Gasteiger partial charge in [-0.3, -0.25) is 0 Å². The van der Waals surface area contributed by atoms with Crippen molar-refractivity contribution >= 4 is 11.9 Å². The van der Waals surface area contributed by atoms with Crippen LogP contribution in [0.3, 0.4) is 0 Å². The summed E-state index contributed by atoms with van der Waals surface area (Å²) in [5.41, 5.74) is 1.37. The molecule has 152 valence electrons. The van der Waals surface area contributed by atoms with Gasteiger partial charge in [-0.2, -0.15) is 13.2 Å².